The molecule has 2 heterocycles. The van der Waals surface area contributed by atoms with Gasteiger partial charge in [-0.3, -0.25) is 15.1 Å². The third-order valence-corrected chi connectivity index (χ3v) is 2.70. The van der Waals surface area contributed by atoms with Crippen LogP contribution in [0.5, 0.6) is 0 Å². The lowest BCUT2D eigenvalue weighted by atomic mass is 10.2. The normalized spacial score (nSPS) is 15.7. The van der Waals surface area contributed by atoms with Gasteiger partial charge in [-0.1, -0.05) is 0 Å². The van der Waals surface area contributed by atoms with Crippen molar-refractivity contribution in [1.82, 2.24) is 4.98 Å². The molecule has 1 saturated heterocycles. The second kappa shape index (κ2) is 3.84. The van der Waals surface area contributed by atoms with Crippen molar-refractivity contribution in [2.24, 2.45) is 0 Å². The predicted molar refractivity (Wildman–Crippen MR) is 57.1 cm³/mol. The molecule has 1 aromatic heterocycles. The number of aromatic nitrogens is 1. The van der Waals surface area contributed by atoms with Crippen LogP contribution in [0.2, 0.25) is 0 Å². The van der Waals surface area contributed by atoms with Crippen LogP contribution in [0.25, 0.3) is 0 Å². The van der Waals surface area contributed by atoms with E-state index in [0.717, 1.165) is 37.3 Å². The first-order chi connectivity index (χ1) is 7.18. The maximum Gasteiger partial charge on any atom is 0.289 e. The SMILES string of the molecule is Cc1ncc([N+](=O)[O-])cc1N1CCCC1. The number of pyridine rings is 1. The van der Waals surface area contributed by atoms with Crippen LogP contribution in [0.4, 0.5) is 11.4 Å². The molecule has 15 heavy (non-hydrogen) atoms. The highest BCUT2D eigenvalue weighted by molar-refractivity contribution is 5.55. The van der Waals surface area contributed by atoms with Crippen molar-refractivity contribution < 1.29 is 4.92 Å². The van der Waals surface area contributed by atoms with E-state index >= 15 is 0 Å². The molecule has 0 aromatic carbocycles. The molecule has 0 spiro atoms. The third-order valence-electron chi connectivity index (χ3n) is 2.70. The first-order valence-corrected chi connectivity index (χ1v) is 5.04. The average Bonchev–Trinajstić information content (AvgIpc) is 2.71. The van der Waals surface area contributed by atoms with Crippen molar-refractivity contribution in [3.8, 4) is 0 Å². The van der Waals surface area contributed by atoms with E-state index in [2.05, 4.69) is 9.88 Å². The smallest absolute Gasteiger partial charge is 0.289 e. The lowest BCUT2D eigenvalue weighted by Crippen LogP contribution is -2.19. The highest BCUT2D eigenvalue weighted by atomic mass is 16.6. The molecule has 80 valence electrons. The molecule has 0 aliphatic carbocycles. The van der Waals surface area contributed by atoms with E-state index in [1.807, 2.05) is 6.92 Å². The summed E-state index contributed by atoms with van der Waals surface area (Å²) < 4.78 is 0. The molecule has 2 rings (SSSR count). The highest BCUT2D eigenvalue weighted by Gasteiger charge is 2.18. The molecule has 5 nitrogen and oxygen atoms in total. The van der Waals surface area contributed by atoms with E-state index in [-0.39, 0.29) is 5.69 Å². The van der Waals surface area contributed by atoms with Crippen molar-refractivity contribution in [3.63, 3.8) is 0 Å². The van der Waals surface area contributed by atoms with Crippen LogP contribution < -0.4 is 4.90 Å². The maximum atomic E-state index is 10.6. The van der Waals surface area contributed by atoms with Gasteiger partial charge in [0.2, 0.25) is 0 Å². The number of anilines is 1. The minimum absolute atomic E-state index is 0.0718. The van der Waals surface area contributed by atoms with Crippen molar-refractivity contribution >= 4 is 11.4 Å². The third kappa shape index (κ3) is 1.91. The fraction of sp³-hybridized carbons (Fsp3) is 0.500. The van der Waals surface area contributed by atoms with Gasteiger partial charge in [-0.2, -0.15) is 0 Å². The fourth-order valence-electron chi connectivity index (χ4n) is 1.89. The molecule has 5 heteroatoms. The zero-order chi connectivity index (χ0) is 10.8. The molecule has 1 aliphatic heterocycles. The Morgan fingerprint density at radius 1 is 1.47 bits per heavy atom. The molecule has 1 aromatic rings. The van der Waals surface area contributed by atoms with E-state index in [9.17, 15) is 10.1 Å². The highest BCUT2D eigenvalue weighted by Crippen LogP contribution is 2.26. The molecule has 0 N–H and O–H groups in total. The van der Waals surface area contributed by atoms with Gasteiger partial charge in [0.1, 0.15) is 6.20 Å². The Labute approximate surface area is 87.9 Å². The molecule has 0 saturated carbocycles. The van der Waals surface area contributed by atoms with Gasteiger partial charge in [0, 0.05) is 19.2 Å². The lowest BCUT2D eigenvalue weighted by molar-refractivity contribution is -0.385. The van der Waals surface area contributed by atoms with E-state index in [1.54, 1.807) is 6.07 Å². The first-order valence-electron chi connectivity index (χ1n) is 5.04. The molecular formula is C10H13N3O2. The number of hydrogen-bond donors (Lipinski definition) is 0. The zero-order valence-corrected chi connectivity index (χ0v) is 8.64. The van der Waals surface area contributed by atoms with Crippen LogP contribution in [0.15, 0.2) is 12.3 Å². The summed E-state index contributed by atoms with van der Waals surface area (Å²) in [7, 11) is 0. The Bertz CT molecular complexity index is 386. The molecule has 1 fully saturated rings. The molecular weight excluding hydrogens is 194 g/mol. The van der Waals surface area contributed by atoms with Crippen LogP contribution >= 0.6 is 0 Å². The molecule has 0 radical (unpaired) electrons. The van der Waals surface area contributed by atoms with Gasteiger partial charge < -0.3 is 4.90 Å². The van der Waals surface area contributed by atoms with Crippen LogP contribution in [0.3, 0.4) is 0 Å². The van der Waals surface area contributed by atoms with E-state index in [4.69, 9.17) is 0 Å². The maximum absolute atomic E-state index is 10.6. The predicted octanol–water partition coefficient (Wildman–Crippen LogP) is 1.90. The lowest BCUT2D eigenvalue weighted by Gasteiger charge is -2.18. The van der Waals surface area contributed by atoms with E-state index in [0.29, 0.717) is 0 Å². The summed E-state index contributed by atoms with van der Waals surface area (Å²) in [4.78, 5) is 16.5. The van der Waals surface area contributed by atoms with Crippen LogP contribution in [-0.2, 0) is 0 Å². The Kier molecular flexibility index (Phi) is 2.53. The standard InChI is InChI=1S/C10H13N3O2/c1-8-10(12-4-2-3-5-12)6-9(7-11-8)13(14)15/h6-7H,2-5H2,1H3. The monoisotopic (exact) mass is 207 g/mol. The van der Waals surface area contributed by atoms with Gasteiger partial charge in [0.15, 0.2) is 0 Å². The van der Waals surface area contributed by atoms with Crippen LogP contribution in [0.1, 0.15) is 18.5 Å². The summed E-state index contributed by atoms with van der Waals surface area (Å²) in [5, 5.41) is 10.6. The second-order valence-corrected chi connectivity index (χ2v) is 3.75. The summed E-state index contributed by atoms with van der Waals surface area (Å²) in [6.45, 7) is 3.84. The van der Waals surface area contributed by atoms with Crippen molar-refractivity contribution in [3.05, 3.63) is 28.1 Å². The number of nitrogens with zero attached hydrogens (tertiary/aromatic N) is 3. The van der Waals surface area contributed by atoms with Crippen molar-refractivity contribution in [1.29, 1.82) is 0 Å². The Hall–Kier alpha value is -1.65. The molecule has 1 aliphatic rings. The fourth-order valence-corrected chi connectivity index (χ4v) is 1.89. The molecule has 0 unspecified atom stereocenters. The van der Waals surface area contributed by atoms with Gasteiger partial charge in [-0.25, -0.2) is 0 Å². The zero-order valence-electron chi connectivity index (χ0n) is 8.64. The summed E-state index contributed by atoms with van der Waals surface area (Å²) in [6, 6.07) is 1.62. The summed E-state index contributed by atoms with van der Waals surface area (Å²) in [6.07, 6.45) is 3.62. The first kappa shape index (κ1) is 9.89. The van der Waals surface area contributed by atoms with Crippen LogP contribution in [-0.4, -0.2) is 23.0 Å². The number of hydrogen-bond acceptors (Lipinski definition) is 4. The second-order valence-electron chi connectivity index (χ2n) is 3.75. The summed E-state index contributed by atoms with van der Waals surface area (Å²) in [5.74, 6) is 0. The molecule has 0 bridgehead atoms. The Morgan fingerprint density at radius 2 is 2.13 bits per heavy atom. The largest absolute Gasteiger partial charge is 0.370 e. The van der Waals surface area contributed by atoms with E-state index in [1.165, 1.54) is 6.20 Å². The van der Waals surface area contributed by atoms with Gasteiger partial charge in [0.25, 0.3) is 5.69 Å². The van der Waals surface area contributed by atoms with Crippen molar-refractivity contribution in [2.75, 3.05) is 18.0 Å². The average molecular weight is 207 g/mol. The van der Waals surface area contributed by atoms with Crippen LogP contribution in [0, 0.1) is 17.0 Å². The minimum atomic E-state index is -0.397. The van der Waals surface area contributed by atoms with Gasteiger partial charge in [-0.05, 0) is 19.8 Å². The summed E-state index contributed by atoms with van der Waals surface area (Å²) >= 11 is 0. The van der Waals surface area contributed by atoms with Gasteiger partial charge in [0.05, 0.1) is 16.3 Å². The quantitative estimate of drug-likeness (QED) is 0.549. The van der Waals surface area contributed by atoms with Gasteiger partial charge >= 0.3 is 0 Å². The number of rotatable bonds is 2. The Morgan fingerprint density at radius 3 is 2.73 bits per heavy atom. The topological polar surface area (TPSA) is 59.3 Å². The molecule has 0 amide bonds. The summed E-state index contributed by atoms with van der Waals surface area (Å²) in [5.41, 5.74) is 1.84. The van der Waals surface area contributed by atoms with Gasteiger partial charge in [-0.15, -0.1) is 0 Å². The Balaban J connectivity index is 2.35. The number of nitro groups is 1. The number of aryl methyl sites for hydroxylation is 1. The molecule has 0 atom stereocenters. The minimum Gasteiger partial charge on any atom is -0.370 e. The van der Waals surface area contributed by atoms with Crippen molar-refractivity contribution in [2.45, 2.75) is 19.8 Å². The van der Waals surface area contributed by atoms with E-state index < -0.39 is 4.92 Å².